The zero-order chi connectivity index (χ0) is 14.5. The average Bonchev–Trinajstić information content (AvgIpc) is 2.57. The quantitative estimate of drug-likeness (QED) is 0.513. The smallest absolute Gasteiger partial charge is 0.0173 e. The highest BCUT2D eigenvalue weighted by Gasteiger charge is 2.24. The fourth-order valence-corrected chi connectivity index (χ4v) is 7.46. The van der Waals surface area contributed by atoms with E-state index in [-0.39, 0.29) is 0 Å². The van der Waals surface area contributed by atoms with Crippen LogP contribution in [0.2, 0.25) is 0 Å². The van der Waals surface area contributed by atoms with Gasteiger partial charge in [-0.25, -0.2) is 0 Å². The molecule has 0 amide bonds. The minimum atomic E-state index is -1.13. The lowest BCUT2D eigenvalue weighted by molar-refractivity contribution is 1.38. The number of benzene rings is 3. The molecule has 0 nitrogen and oxygen atoms in total. The van der Waals surface area contributed by atoms with Gasteiger partial charge in [-0.2, -0.15) is 0 Å². The summed E-state index contributed by atoms with van der Waals surface area (Å²) in [5, 5.41) is 0. The second-order valence-electron chi connectivity index (χ2n) is 4.87. The first-order valence-corrected chi connectivity index (χ1v) is 10.3. The van der Waals surface area contributed by atoms with E-state index in [2.05, 4.69) is 97.3 Å². The van der Waals surface area contributed by atoms with Crippen molar-refractivity contribution in [2.24, 2.45) is 0 Å². The van der Waals surface area contributed by atoms with Crippen molar-refractivity contribution >= 4 is 19.9 Å². The topological polar surface area (TPSA) is 0 Å². The summed E-state index contributed by atoms with van der Waals surface area (Å²) in [6.07, 6.45) is 2.38. The maximum atomic E-state index is 2.38. The fourth-order valence-electron chi connectivity index (χ4n) is 2.26. The summed E-state index contributed by atoms with van der Waals surface area (Å²) in [6, 6.07) is 32.4. The summed E-state index contributed by atoms with van der Waals surface area (Å²) < 4.78 is 0. The van der Waals surface area contributed by atoms with Gasteiger partial charge in [-0.3, -0.25) is 0 Å². The molecule has 0 aliphatic rings. The third kappa shape index (κ3) is 3.17. The van der Waals surface area contributed by atoms with Crippen LogP contribution in [0.1, 0.15) is 0 Å². The molecule has 0 unspecified atom stereocenters. The van der Waals surface area contributed by atoms with E-state index < -0.39 is 9.06 Å². The Bertz CT molecular complexity index is 639. The largest absolute Gasteiger partial charge is 0.137 e. The van der Waals surface area contributed by atoms with Crippen molar-refractivity contribution in [2.75, 3.05) is 6.26 Å². The molecule has 2 heteroatoms. The normalized spacial score (nSPS) is 12.0. The standard InChI is InChI=1S/C19H18S2/c1-21(18-13-7-3-8-14-18,19-15-9-4-10-16-19)20-17-11-5-2-6-12-17/h2-16H,1H3. The summed E-state index contributed by atoms with van der Waals surface area (Å²) in [5.41, 5.74) is 0. The molecule has 0 bridgehead atoms. The van der Waals surface area contributed by atoms with Gasteiger partial charge in [0, 0.05) is 14.7 Å². The van der Waals surface area contributed by atoms with Crippen LogP contribution in [0.15, 0.2) is 106 Å². The molecule has 0 aliphatic heterocycles. The first-order valence-electron chi connectivity index (χ1n) is 6.92. The van der Waals surface area contributed by atoms with Crippen molar-refractivity contribution in [3.63, 3.8) is 0 Å². The zero-order valence-corrected chi connectivity index (χ0v) is 13.6. The molecule has 106 valence electrons. The van der Waals surface area contributed by atoms with Crippen molar-refractivity contribution in [3.8, 4) is 0 Å². The SMILES string of the molecule is CS(Sc1ccccc1)(c1ccccc1)c1ccccc1. The lowest BCUT2D eigenvalue weighted by Crippen LogP contribution is -1.95. The van der Waals surface area contributed by atoms with E-state index >= 15 is 0 Å². The molecule has 0 spiro atoms. The molecular weight excluding hydrogens is 292 g/mol. The van der Waals surface area contributed by atoms with Crippen molar-refractivity contribution in [1.29, 1.82) is 0 Å². The lowest BCUT2D eigenvalue weighted by atomic mass is 10.4. The molecule has 3 rings (SSSR count). The van der Waals surface area contributed by atoms with Crippen molar-refractivity contribution in [2.45, 2.75) is 14.7 Å². The predicted octanol–water partition coefficient (Wildman–Crippen LogP) is 6.25. The van der Waals surface area contributed by atoms with Gasteiger partial charge in [0.1, 0.15) is 0 Å². The molecular formula is C19H18S2. The summed E-state index contributed by atoms with van der Waals surface area (Å²) >= 11 is 0. The van der Waals surface area contributed by atoms with Gasteiger partial charge < -0.3 is 0 Å². The van der Waals surface area contributed by atoms with Gasteiger partial charge in [0.15, 0.2) is 0 Å². The van der Waals surface area contributed by atoms with Crippen LogP contribution in [0.3, 0.4) is 0 Å². The van der Waals surface area contributed by atoms with Gasteiger partial charge in [-0.15, -0.1) is 9.06 Å². The maximum Gasteiger partial charge on any atom is 0.0173 e. The Labute approximate surface area is 131 Å². The molecule has 0 saturated carbocycles. The fraction of sp³-hybridized carbons (Fsp3) is 0.0526. The van der Waals surface area contributed by atoms with E-state index in [1.54, 1.807) is 0 Å². The van der Waals surface area contributed by atoms with Crippen LogP contribution in [0.5, 0.6) is 0 Å². The monoisotopic (exact) mass is 310 g/mol. The average molecular weight is 310 g/mol. The Hall–Kier alpha value is -1.64. The first-order chi connectivity index (χ1) is 10.3. The molecule has 3 aromatic rings. The van der Waals surface area contributed by atoms with E-state index in [4.69, 9.17) is 0 Å². The Morgan fingerprint density at radius 2 is 0.952 bits per heavy atom. The second kappa shape index (κ2) is 6.42. The van der Waals surface area contributed by atoms with Crippen LogP contribution >= 0.6 is 19.9 Å². The van der Waals surface area contributed by atoms with Gasteiger partial charge in [-0.1, -0.05) is 65.4 Å². The van der Waals surface area contributed by atoms with Gasteiger partial charge >= 0.3 is 0 Å². The van der Waals surface area contributed by atoms with E-state index in [0.29, 0.717) is 0 Å². The Balaban J connectivity index is 2.07. The molecule has 0 heterocycles. The van der Waals surface area contributed by atoms with Gasteiger partial charge in [0.2, 0.25) is 0 Å². The summed E-state index contributed by atoms with van der Waals surface area (Å²) in [7, 11) is 0.848. The number of hydrogen-bond donors (Lipinski definition) is 0. The first kappa shape index (κ1) is 14.3. The Morgan fingerprint density at radius 3 is 1.38 bits per heavy atom. The van der Waals surface area contributed by atoms with Gasteiger partial charge in [-0.05, 0) is 42.7 Å². The molecule has 0 aromatic heterocycles. The lowest BCUT2D eigenvalue weighted by Gasteiger charge is -2.36. The molecule has 0 atom stereocenters. The molecule has 0 aliphatic carbocycles. The maximum absolute atomic E-state index is 2.38. The highest BCUT2D eigenvalue weighted by Crippen LogP contribution is 2.71. The molecule has 21 heavy (non-hydrogen) atoms. The van der Waals surface area contributed by atoms with E-state index in [9.17, 15) is 0 Å². The highest BCUT2D eigenvalue weighted by molar-refractivity contribution is 8.94. The third-order valence-electron chi connectivity index (χ3n) is 3.39. The van der Waals surface area contributed by atoms with Crippen LogP contribution < -0.4 is 0 Å². The van der Waals surface area contributed by atoms with Crippen LogP contribution in [-0.2, 0) is 0 Å². The summed E-state index contributed by atoms with van der Waals surface area (Å²) in [5.74, 6) is 0. The molecule has 3 aromatic carbocycles. The van der Waals surface area contributed by atoms with Crippen LogP contribution in [0, 0.1) is 0 Å². The second-order valence-corrected chi connectivity index (χ2v) is 10.6. The minimum Gasteiger partial charge on any atom is -0.137 e. The number of rotatable bonds is 4. The van der Waals surface area contributed by atoms with Crippen molar-refractivity contribution in [1.82, 2.24) is 0 Å². The van der Waals surface area contributed by atoms with Crippen molar-refractivity contribution < 1.29 is 0 Å². The van der Waals surface area contributed by atoms with Crippen molar-refractivity contribution in [3.05, 3.63) is 91.0 Å². The third-order valence-corrected chi connectivity index (χ3v) is 9.27. The minimum absolute atomic E-state index is 1.13. The van der Waals surface area contributed by atoms with Gasteiger partial charge in [0.05, 0.1) is 0 Å². The van der Waals surface area contributed by atoms with Crippen LogP contribution in [0.25, 0.3) is 0 Å². The Kier molecular flexibility index (Phi) is 4.37. The van der Waals surface area contributed by atoms with Crippen LogP contribution in [-0.4, -0.2) is 6.26 Å². The van der Waals surface area contributed by atoms with E-state index in [0.717, 1.165) is 0 Å². The predicted molar refractivity (Wildman–Crippen MR) is 95.2 cm³/mol. The van der Waals surface area contributed by atoms with E-state index in [1.165, 1.54) is 14.7 Å². The van der Waals surface area contributed by atoms with Gasteiger partial charge in [0.25, 0.3) is 0 Å². The van der Waals surface area contributed by atoms with Crippen LogP contribution in [0.4, 0.5) is 0 Å². The summed E-state index contributed by atoms with van der Waals surface area (Å²) in [6.45, 7) is 0. The number of hydrogen-bond acceptors (Lipinski definition) is 1. The molecule has 0 fully saturated rings. The Morgan fingerprint density at radius 1 is 0.571 bits per heavy atom. The van der Waals surface area contributed by atoms with E-state index in [1.807, 2.05) is 10.8 Å². The molecule has 0 N–H and O–H groups in total. The zero-order valence-electron chi connectivity index (χ0n) is 12.0. The molecule has 0 radical (unpaired) electrons. The molecule has 0 saturated heterocycles. The summed E-state index contributed by atoms with van der Waals surface area (Å²) in [4.78, 5) is 4.14. The highest BCUT2D eigenvalue weighted by atomic mass is 33.2.